The molecule has 1 atom stereocenters. The zero-order valence-electron chi connectivity index (χ0n) is 12.4. The molecule has 1 N–H and O–H groups in total. The molecular formula is C17H17F2NO2S. The molecule has 3 nitrogen and oxygen atoms in total. The van der Waals surface area contributed by atoms with Gasteiger partial charge in [0.2, 0.25) is 5.91 Å². The lowest BCUT2D eigenvalue weighted by atomic mass is 10.1. The third kappa shape index (κ3) is 5.56. The molecule has 0 aromatic heterocycles. The molecule has 122 valence electrons. The second-order valence-electron chi connectivity index (χ2n) is 4.95. The number of nitrogens with one attached hydrogen (secondary N) is 1. The quantitative estimate of drug-likeness (QED) is 0.844. The molecule has 1 amide bonds. The summed E-state index contributed by atoms with van der Waals surface area (Å²) in [5.41, 5.74) is 0.174. The minimum atomic E-state index is -1.17. The first-order valence-corrected chi connectivity index (χ1v) is 8.52. The van der Waals surface area contributed by atoms with Gasteiger partial charge in [-0.25, -0.2) is 8.78 Å². The van der Waals surface area contributed by atoms with E-state index in [0.717, 1.165) is 18.2 Å². The van der Waals surface area contributed by atoms with Gasteiger partial charge < -0.3 is 5.32 Å². The highest BCUT2D eigenvalue weighted by molar-refractivity contribution is 7.85. The highest BCUT2D eigenvalue weighted by atomic mass is 32.2. The Hall–Kier alpha value is -2.08. The van der Waals surface area contributed by atoms with E-state index < -0.39 is 22.4 Å². The summed E-state index contributed by atoms with van der Waals surface area (Å²) >= 11 is 0. The van der Waals surface area contributed by atoms with Crippen LogP contribution >= 0.6 is 0 Å². The number of amides is 1. The van der Waals surface area contributed by atoms with E-state index in [1.54, 1.807) is 24.3 Å². The summed E-state index contributed by atoms with van der Waals surface area (Å²) in [5, 5.41) is 2.64. The highest BCUT2D eigenvalue weighted by Crippen LogP contribution is 2.11. The molecule has 0 radical (unpaired) electrons. The minimum absolute atomic E-state index is 0.0539. The second kappa shape index (κ2) is 8.53. The summed E-state index contributed by atoms with van der Waals surface area (Å²) in [6.45, 7) is 0.270. The summed E-state index contributed by atoms with van der Waals surface area (Å²) in [5.74, 6) is -1.02. The lowest BCUT2D eigenvalue weighted by Crippen LogP contribution is -2.28. The lowest BCUT2D eigenvalue weighted by molar-refractivity contribution is -0.120. The average molecular weight is 337 g/mol. The molecule has 0 aliphatic heterocycles. The molecule has 2 aromatic rings. The van der Waals surface area contributed by atoms with Gasteiger partial charge in [-0.3, -0.25) is 9.00 Å². The van der Waals surface area contributed by atoms with Crippen molar-refractivity contribution in [3.05, 3.63) is 65.7 Å². The summed E-state index contributed by atoms with van der Waals surface area (Å²) in [4.78, 5) is 12.4. The number of benzene rings is 2. The zero-order valence-corrected chi connectivity index (χ0v) is 13.2. The SMILES string of the molecule is O=C(CCc1cc(F)ccc1F)NCCS(=O)c1ccccc1. The van der Waals surface area contributed by atoms with Crippen LogP contribution in [0.3, 0.4) is 0 Å². The Morgan fingerprint density at radius 1 is 1.09 bits per heavy atom. The van der Waals surface area contributed by atoms with Gasteiger partial charge in [0.05, 0.1) is 10.8 Å². The fourth-order valence-electron chi connectivity index (χ4n) is 2.04. The molecule has 0 fully saturated rings. The standard InChI is InChI=1S/C17H17F2NO2S/c18-14-7-8-16(19)13(12-14)6-9-17(21)20-10-11-23(22)15-4-2-1-3-5-15/h1-5,7-8,12H,6,9-11H2,(H,20,21). The minimum Gasteiger partial charge on any atom is -0.355 e. The van der Waals surface area contributed by atoms with Gasteiger partial charge in [0.1, 0.15) is 11.6 Å². The molecule has 2 aromatic carbocycles. The van der Waals surface area contributed by atoms with Gasteiger partial charge in [0.25, 0.3) is 0 Å². The summed E-state index contributed by atoms with van der Waals surface area (Å²) in [6.07, 6.45) is 0.176. The van der Waals surface area contributed by atoms with Gasteiger partial charge in [0, 0.05) is 23.6 Å². The molecule has 0 aliphatic rings. The largest absolute Gasteiger partial charge is 0.355 e. The van der Waals surface area contributed by atoms with Crippen LogP contribution in [0.2, 0.25) is 0 Å². The van der Waals surface area contributed by atoms with Crippen molar-refractivity contribution in [2.24, 2.45) is 0 Å². The van der Waals surface area contributed by atoms with Crippen molar-refractivity contribution in [1.29, 1.82) is 0 Å². The number of hydrogen-bond acceptors (Lipinski definition) is 2. The predicted octanol–water partition coefficient (Wildman–Crippen LogP) is 2.82. The Bertz CT molecular complexity index is 692. The maximum atomic E-state index is 13.4. The molecule has 0 saturated carbocycles. The topological polar surface area (TPSA) is 46.2 Å². The van der Waals surface area contributed by atoms with Gasteiger partial charge >= 0.3 is 0 Å². The third-order valence-electron chi connectivity index (χ3n) is 3.24. The first-order valence-electron chi connectivity index (χ1n) is 7.20. The van der Waals surface area contributed by atoms with Crippen molar-refractivity contribution in [2.75, 3.05) is 12.3 Å². The van der Waals surface area contributed by atoms with E-state index in [1.165, 1.54) is 0 Å². The molecular weight excluding hydrogens is 320 g/mol. The summed E-state index contributed by atoms with van der Waals surface area (Å²) < 4.78 is 38.4. The fraction of sp³-hybridized carbons (Fsp3) is 0.235. The van der Waals surface area contributed by atoms with Crippen LogP contribution in [0.1, 0.15) is 12.0 Å². The summed E-state index contributed by atoms with van der Waals surface area (Å²) in [6, 6.07) is 12.2. The first-order chi connectivity index (χ1) is 11.1. The van der Waals surface area contributed by atoms with Crippen LogP contribution in [0.4, 0.5) is 8.78 Å². The monoisotopic (exact) mass is 337 g/mol. The Morgan fingerprint density at radius 3 is 2.57 bits per heavy atom. The van der Waals surface area contributed by atoms with Gasteiger partial charge in [-0.1, -0.05) is 18.2 Å². The van der Waals surface area contributed by atoms with Crippen LogP contribution in [0.5, 0.6) is 0 Å². The smallest absolute Gasteiger partial charge is 0.220 e. The molecule has 6 heteroatoms. The highest BCUT2D eigenvalue weighted by Gasteiger charge is 2.08. The first kappa shape index (κ1) is 17.3. The molecule has 2 rings (SSSR count). The molecule has 0 aliphatic carbocycles. The van der Waals surface area contributed by atoms with Gasteiger partial charge in [0.15, 0.2) is 0 Å². The van der Waals surface area contributed by atoms with E-state index in [-0.39, 0.29) is 30.9 Å². The van der Waals surface area contributed by atoms with Crippen molar-refractivity contribution in [2.45, 2.75) is 17.7 Å². The van der Waals surface area contributed by atoms with Crippen molar-refractivity contribution in [1.82, 2.24) is 5.32 Å². The molecule has 0 spiro atoms. The van der Waals surface area contributed by atoms with Crippen molar-refractivity contribution in [3.63, 3.8) is 0 Å². The summed E-state index contributed by atoms with van der Waals surface area (Å²) in [7, 11) is -1.17. The third-order valence-corrected chi connectivity index (χ3v) is 4.62. The average Bonchev–Trinajstić information content (AvgIpc) is 2.56. The van der Waals surface area contributed by atoms with Crippen molar-refractivity contribution < 1.29 is 17.8 Å². The Morgan fingerprint density at radius 2 is 1.83 bits per heavy atom. The van der Waals surface area contributed by atoms with E-state index in [4.69, 9.17) is 0 Å². The van der Waals surface area contributed by atoms with E-state index in [2.05, 4.69) is 5.32 Å². The van der Waals surface area contributed by atoms with Crippen molar-refractivity contribution >= 4 is 16.7 Å². The lowest BCUT2D eigenvalue weighted by Gasteiger charge is -2.06. The fourth-order valence-corrected chi connectivity index (χ4v) is 3.03. The zero-order chi connectivity index (χ0) is 16.7. The molecule has 0 saturated heterocycles. The Kier molecular flexibility index (Phi) is 6.40. The van der Waals surface area contributed by atoms with Gasteiger partial charge in [-0.05, 0) is 42.3 Å². The van der Waals surface area contributed by atoms with Gasteiger partial charge in [-0.15, -0.1) is 0 Å². The van der Waals surface area contributed by atoms with E-state index in [0.29, 0.717) is 10.6 Å². The Balaban J connectivity index is 1.73. The number of rotatable bonds is 7. The van der Waals surface area contributed by atoms with E-state index in [9.17, 15) is 17.8 Å². The Labute approximate surface area is 136 Å². The van der Waals surface area contributed by atoms with E-state index in [1.807, 2.05) is 6.07 Å². The maximum absolute atomic E-state index is 13.4. The van der Waals surface area contributed by atoms with Crippen LogP contribution in [-0.2, 0) is 22.0 Å². The number of carbonyl (C=O) groups is 1. The normalized spacial score (nSPS) is 11.9. The molecule has 0 bridgehead atoms. The van der Waals surface area contributed by atoms with Crippen LogP contribution < -0.4 is 5.32 Å². The molecule has 23 heavy (non-hydrogen) atoms. The number of hydrogen-bond donors (Lipinski definition) is 1. The van der Waals surface area contributed by atoms with Crippen LogP contribution in [0, 0.1) is 11.6 Å². The number of aryl methyl sites for hydroxylation is 1. The molecule has 0 heterocycles. The molecule has 1 unspecified atom stereocenters. The predicted molar refractivity (Wildman–Crippen MR) is 85.4 cm³/mol. The second-order valence-corrected chi connectivity index (χ2v) is 6.52. The van der Waals surface area contributed by atoms with Crippen LogP contribution in [0.15, 0.2) is 53.4 Å². The van der Waals surface area contributed by atoms with Crippen molar-refractivity contribution in [3.8, 4) is 0 Å². The number of halogens is 2. The van der Waals surface area contributed by atoms with Crippen LogP contribution in [-0.4, -0.2) is 22.4 Å². The number of carbonyl (C=O) groups excluding carboxylic acids is 1. The van der Waals surface area contributed by atoms with E-state index >= 15 is 0 Å². The maximum Gasteiger partial charge on any atom is 0.220 e. The van der Waals surface area contributed by atoms with Gasteiger partial charge in [-0.2, -0.15) is 0 Å². The van der Waals surface area contributed by atoms with Crippen LogP contribution in [0.25, 0.3) is 0 Å².